The van der Waals surface area contributed by atoms with Gasteiger partial charge in [-0.25, -0.2) is 9.59 Å². The van der Waals surface area contributed by atoms with Gasteiger partial charge < -0.3 is 28.6 Å². The quantitative estimate of drug-likeness (QED) is 0.340. The first-order chi connectivity index (χ1) is 19.0. The van der Waals surface area contributed by atoms with Crippen molar-refractivity contribution < 1.29 is 33.3 Å². The predicted octanol–water partition coefficient (Wildman–Crippen LogP) is 5.00. The third-order valence-corrected chi connectivity index (χ3v) is 6.36. The Kier molecular flexibility index (Phi) is 8.89. The number of esters is 2. The van der Waals surface area contributed by atoms with Crippen LogP contribution in [0.5, 0.6) is 17.2 Å². The maximum Gasteiger partial charge on any atom is 0.336 e. The Balaban J connectivity index is 1.72. The Bertz CT molecular complexity index is 1330. The van der Waals surface area contributed by atoms with Crippen LogP contribution in [0, 0.1) is 0 Å². The molecule has 0 N–H and O–H groups in total. The van der Waals surface area contributed by atoms with E-state index in [9.17, 15) is 9.59 Å². The van der Waals surface area contributed by atoms with Gasteiger partial charge in [-0.3, -0.25) is 0 Å². The van der Waals surface area contributed by atoms with Crippen molar-refractivity contribution in [2.75, 3.05) is 28.4 Å². The Morgan fingerprint density at radius 3 is 1.92 bits per heavy atom. The van der Waals surface area contributed by atoms with E-state index in [2.05, 4.69) is 0 Å². The van der Waals surface area contributed by atoms with Crippen LogP contribution in [0.4, 0.5) is 0 Å². The second-order valence-electron chi connectivity index (χ2n) is 8.79. The number of benzene rings is 3. The molecule has 0 spiro atoms. The minimum Gasteiger partial charge on any atom is -0.497 e. The van der Waals surface area contributed by atoms with Crippen molar-refractivity contribution in [1.82, 2.24) is 4.90 Å². The van der Waals surface area contributed by atoms with Crippen molar-refractivity contribution in [3.8, 4) is 17.2 Å². The second-order valence-corrected chi connectivity index (χ2v) is 8.79. The highest BCUT2D eigenvalue weighted by atomic mass is 16.5. The molecule has 0 fully saturated rings. The highest BCUT2D eigenvalue weighted by Gasteiger charge is 2.35. The molecule has 0 bridgehead atoms. The van der Waals surface area contributed by atoms with Gasteiger partial charge in [0.1, 0.15) is 12.4 Å². The Labute approximate surface area is 228 Å². The molecule has 0 saturated heterocycles. The van der Waals surface area contributed by atoms with E-state index >= 15 is 0 Å². The Morgan fingerprint density at radius 1 is 0.718 bits per heavy atom. The van der Waals surface area contributed by atoms with Gasteiger partial charge in [0.25, 0.3) is 0 Å². The minimum absolute atomic E-state index is 0.285. The summed E-state index contributed by atoms with van der Waals surface area (Å²) in [7, 11) is 5.79. The van der Waals surface area contributed by atoms with E-state index in [1.165, 1.54) is 14.2 Å². The monoisotopic (exact) mass is 529 g/mol. The zero-order chi connectivity index (χ0) is 27.8. The molecule has 0 radical (unpaired) electrons. The lowest BCUT2D eigenvalue weighted by Gasteiger charge is -2.30. The van der Waals surface area contributed by atoms with Gasteiger partial charge in [-0.1, -0.05) is 48.5 Å². The molecule has 1 aliphatic rings. The molecule has 0 atom stereocenters. The zero-order valence-electron chi connectivity index (χ0n) is 22.4. The molecule has 39 heavy (non-hydrogen) atoms. The maximum absolute atomic E-state index is 13.0. The number of carbonyl (C=O) groups is 2. The van der Waals surface area contributed by atoms with Crippen molar-refractivity contribution in [2.45, 2.75) is 19.1 Å². The van der Waals surface area contributed by atoms with Crippen molar-refractivity contribution in [2.24, 2.45) is 0 Å². The fourth-order valence-electron chi connectivity index (χ4n) is 4.40. The molecule has 0 saturated carbocycles. The van der Waals surface area contributed by atoms with Crippen molar-refractivity contribution in [1.29, 1.82) is 0 Å². The molecule has 0 unspecified atom stereocenters. The lowest BCUT2D eigenvalue weighted by Crippen LogP contribution is -2.28. The number of ether oxygens (including phenoxy) is 5. The summed E-state index contributed by atoms with van der Waals surface area (Å²) < 4.78 is 27.1. The first-order valence-electron chi connectivity index (χ1n) is 12.3. The lowest BCUT2D eigenvalue weighted by molar-refractivity contribution is -0.137. The van der Waals surface area contributed by atoms with Crippen LogP contribution in [-0.4, -0.2) is 45.3 Å². The highest BCUT2D eigenvalue weighted by molar-refractivity contribution is 5.98. The van der Waals surface area contributed by atoms with Gasteiger partial charge in [-0.05, 0) is 41.0 Å². The summed E-state index contributed by atoms with van der Waals surface area (Å²) in [5, 5.41) is 0. The molecule has 3 aromatic carbocycles. The normalized spacial score (nSPS) is 13.2. The summed E-state index contributed by atoms with van der Waals surface area (Å²) in [6.07, 6.45) is 3.39. The molecule has 8 nitrogen and oxygen atoms in total. The van der Waals surface area contributed by atoms with Crippen LogP contribution in [0.25, 0.3) is 0 Å². The van der Waals surface area contributed by atoms with Crippen LogP contribution in [0.2, 0.25) is 0 Å². The largest absolute Gasteiger partial charge is 0.497 e. The number of carbonyl (C=O) groups excluding carboxylic acids is 2. The smallest absolute Gasteiger partial charge is 0.336 e. The number of rotatable bonds is 10. The van der Waals surface area contributed by atoms with Crippen LogP contribution in [0.1, 0.15) is 22.6 Å². The van der Waals surface area contributed by atoms with Gasteiger partial charge >= 0.3 is 11.9 Å². The van der Waals surface area contributed by atoms with E-state index in [0.717, 1.165) is 16.9 Å². The van der Waals surface area contributed by atoms with Crippen LogP contribution in [-0.2, 0) is 32.2 Å². The maximum atomic E-state index is 13.0. The molecule has 1 aliphatic heterocycles. The molecular formula is C31H31NO7. The minimum atomic E-state index is -0.748. The summed E-state index contributed by atoms with van der Waals surface area (Å²) in [4.78, 5) is 27.8. The van der Waals surface area contributed by atoms with Gasteiger partial charge in [0.05, 0.1) is 45.5 Å². The predicted molar refractivity (Wildman–Crippen MR) is 145 cm³/mol. The average Bonchev–Trinajstić information content (AvgIpc) is 2.99. The van der Waals surface area contributed by atoms with E-state index in [1.54, 1.807) is 49.7 Å². The molecule has 0 amide bonds. The van der Waals surface area contributed by atoms with E-state index in [4.69, 9.17) is 23.7 Å². The van der Waals surface area contributed by atoms with Gasteiger partial charge in [0.15, 0.2) is 11.5 Å². The van der Waals surface area contributed by atoms with Gasteiger partial charge in [0, 0.05) is 18.9 Å². The summed E-state index contributed by atoms with van der Waals surface area (Å²) in [6.45, 7) is 0.728. The summed E-state index contributed by atoms with van der Waals surface area (Å²) in [5.41, 5.74) is 3.16. The second kappa shape index (κ2) is 12.7. The third kappa shape index (κ3) is 6.41. The summed E-state index contributed by atoms with van der Waals surface area (Å²) >= 11 is 0. The fraction of sp³-hybridized carbons (Fsp3) is 0.226. The van der Waals surface area contributed by atoms with Gasteiger partial charge in [0.2, 0.25) is 0 Å². The number of nitrogens with zero attached hydrogens (tertiary/aromatic N) is 1. The van der Waals surface area contributed by atoms with Crippen LogP contribution in [0.15, 0.2) is 96.3 Å². The Hall–Kier alpha value is -4.72. The van der Waals surface area contributed by atoms with Crippen LogP contribution < -0.4 is 14.2 Å². The molecule has 0 aromatic heterocycles. The number of hydrogen-bond donors (Lipinski definition) is 0. The summed E-state index contributed by atoms with van der Waals surface area (Å²) in [6, 6.07) is 22.6. The number of hydrogen-bond acceptors (Lipinski definition) is 8. The van der Waals surface area contributed by atoms with Crippen LogP contribution in [0.3, 0.4) is 0 Å². The first kappa shape index (κ1) is 27.3. The highest BCUT2D eigenvalue weighted by Crippen LogP contribution is 2.41. The molecule has 1 heterocycles. The topological polar surface area (TPSA) is 83.5 Å². The van der Waals surface area contributed by atoms with E-state index in [1.807, 2.05) is 54.6 Å². The molecule has 202 valence electrons. The molecular weight excluding hydrogens is 498 g/mol. The zero-order valence-corrected chi connectivity index (χ0v) is 22.4. The van der Waals surface area contributed by atoms with Crippen molar-refractivity contribution >= 4 is 11.9 Å². The average molecular weight is 530 g/mol. The van der Waals surface area contributed by atoms with E-state index in [0.29, 0.717) is 30.2 Å². The SMILES string of the molecule is COC(=O)C1=CN(Cc2ccc(OC)cc2)C=C(C(=O)OC)C1c1ccc(OC)c(OCc2ccccc2)c1. The van der Waals surface area contributed by atoms with Crippen molar-refractivity contribution in [3.05, 3.63) is 113 Å². The van der Waals surface area contributed by atoms with Gasteiger partial charge in [-0.15, -0.1) is 0 Å². The van der Waals surface area contributed by atoms with Crippen molar-refractivity contribution in [3.63, 3.8) is 0 Å². The molecule has 3 aromatic rings. The number of methoxy groups -OCH3 is 4. The summed E-state index contributed by atoms with van der Waals surface area (Å²) in [5.74, 6) is -0.124. The van der Waals surface area contributed by atoms with Gasteiger partial charge in [-0.2, -0.15) is 0 Å². The third-order valence-electron chi connectivity index (χ3n) is 6.36. The molecule has 4 rings (SSSR count). The van der Waals surface area contributed by atoms with Crippen LogP contribution >= 0.6 is 0 Å². The first-order valence-corrected chi connectivity index (χ1v) is 12.3. The molecule has 8 heteroatoms. The standard InChI is InChI=1S/C31H31NO7/c1-35-24-13-10-21(11-14-24)17-32-18-25(30(33)37-3)29(26(19-32)31(34)38-4)23-12-15-27(36-2)28(16-23)39-20-22-8-6-5-7-9-22/h5-16,18-19,29H,17,20H2,1-4H3. The van der Waals surface area contributed by atoms with E-state index in [-0.39, 0.29) is 11.1 Å². The lowest BCUT2D eigenvalue weighted by atomic mass is 9.83. The van der Waals surface area contributed by atoms with E-state index < -0.39 is 17.9 Å². The Morgan fingerprint density at radius 2 is 1.36 bits per heavy atom. The fourth-order valence-corrected chi connectivity index (χ4v) is 4.40. The molecule has 0 aliphatic carbocycles.